The molecule has 24 heteroatoms. The van der Waals surface area contributed by atoms with E-state index in [1.54, 1.807) is 6.08 Å². The molecule has 3 aliphatic rings. The summed E-state index contributed by atoms with van der Waals surface area (Å²) in [6, 6.07) is 0. The second-order valence-corrected chi connectivity index (χ2v) is 13.5. The summed E-state index contributed by atoms with van der Waals surface area (Å²) in [7, 11) is -10.7. The van der Waals surface area contributed by atoms with Crippen LogP contribution in [0.15, 0.2) is 36.7 Å². The van der Waals surface area contributed by atoms with Gasteiger partial charge in [-0.25, -0.2) is 24.1 Å². The molecule has 0 saturated carbocycles. The van der Waals surface area contributed by atoms with E-state index in [1.165, 1.54) is 34.5 Å². The Morgan fingerprint density at radius 3 is 2.32 bits per heavy atom. The highest BCUT2D eigenvalue weighted by molar-refractivity contribution is 7.61. The van der Waals surface area contributed by atoms with E-state index >= 15 is 0 Å². The van der Waals surface area contributed by atoms with Gasteiger partial charge in [0.05, 0.1) is 26.1 Å². The standard InChI is InChI=1S/C23H34N8O14P2/c24-3-5-40-18-16(33)13(44-23(18)31-10-29-14-19(25)27-9-28-21(14)31)8-42-47(38,39)45-46(36,37)41-7-12-15(32)17(34)22(43-12)30-4-1-2-11(6-30)20(26)35/h1,4,6,9-10,12-13,15-18,22-23,32-34H,2-3,5,7-8,24H2,(H2,26,35)(H,36,37)(H,38,39)(H2,25,27,28)/t12-,13-,15-,16+,17-,18-,22-,23-/m1/s1. The number of imidazole rings is 1. The lowest BCUT2D eigenvalue weighted by Crippen LogP contribution is -2.40. The number of rotatable bonds is 14. The minimum atomic E-state index is -5.37. The van der Waals surface area contributed by atoms with Gasteiger partial charge in [-0.05, 0) is 6.42 Å². The molecule has 5 heterocycles. The minimum Gasteiger partial charge on any atom is -0.387 e. The number of phosphoric acid groups is 2. The third kappa shape index (κ3) is 7.88. The fourth-order valence-corrected chi connectivity index (χ4v) is 7.14. The van der Waals surface area contributed by atoms with Crippen molar-refractivity contribution in [3.63, 3.8) is 0 Å². The van der Waals surface area contributed by atoms with Crippen LogP contribution in [0, 0.1) is 0 Å². The number of anilines is 1. The van der Waals surface area contributed by atoms with Crippen LogP contribution in [0.4, 0.5) is 5.82 Å². The van der Waals surface area contributed by atoms with E-state index in [0.29, 0.717) is 0 Å². The Hall–Kier alpha value is -2.92. The zero-order valence-electron chi connectivity index (χ0n) is 24.3. The van der Waals surface area contributed by atoms with Crippen LogP contribution in [0.3, 0.4) is 0 Å². The molecular weight excluding hydrogens is 674 g/mol. The monoisotopic (exact) mass is 708 g/mol. The van der Waals surface area contributed by atoms with Crippen LogP contribution in [0.2, 0.25) is 0 Å². The van der Waals surface area contributed by atoms with Crippen LogP contribution >= 0.6 is 15.6 Å². The number of phosphoric ester groups is 2. The van der Waals surface area contributed by atoms with E-state index in [2.05, 4.69) is 19.3 Å². The van der Waals surface area contributed by atoms with Crippen LogP contribution in [-0.2, 0) is 41.5 Å². The Morgan fingerprint density at radius 1 is 1.00 bits per heavy atom. The van der Waals surface area contributed by atoms with Gasteiger partial charge in [0.15, 0.2) is 23.9 Å². The summed E-state index contributed by atoms with van der Waals surface area (Å²) in [5.74, 6) is -0.622. The third-order valence-electron chi connectivity index (χ3n) is 7.28. The van der Waals surface area contributed by atoms with Gasteiger partial charge in [-0.1, -0.05) is 6.08 Å². The van der Waals surface area contributed by atoms with Crippen molar-refractivity contribution in [2.24, 2.45) is 11.5 Å². The van der Waals surface area contributed by atoms with Gasteiger partial charge in [-0.2, -0.15) is 4.31 Å². The minimum absolute atomic E-state index is 0.00256. The highest BCUT2D eigenvalue weighted by atomic mass is 31.3. The van der Waals surface area contributed by atoms with Crippen molar-refractivity contribution in [3.05, 3.63) is 36.7 Å². The molecule has 22 nitrogen and oxygen atoms in total. The molecule has 0 radical (unpaired) electrons. The SMILES string of the molecule is NCCO[C@@H]1[C@@H](O)[C@@H](COP(=O)(O)OP(=O)(O)OC[C@H]2O[C@@H](N3C=CCC(C(N)=O)=C3)[C@H](O)[C@@H]2O)O[C@H]1n1cnc2c(N)ncnc21. The number of nitrogen functional groups attached to an aromatic ring is 1. The van der Waals surface area contributed by atoms with E-state index in [9.17, 15) is 39.0 Å². The predicted molar refractivity (Wildman–Crippen MR) is 155 cm³/mol. The highest BCUT2D eigenvalue weighted by Crippen LogP contribution is 2.60. The zero-order chi connectivity index (χ0) is 34.1. The van der Waals surface area contributed by atoms with Gasteiger partial charge in [0.2, 0.25) is 5.91 Å². The number of hydrogen-bond acceptors (Lipinski definition) is 18. The topological polar surface area (TPSA) is 333 Å². The number of fused-ring (bicyclic) bond motifs is 1. The first-order valence-electron chi connectivity index (χ1n) is 13.9. The molecule has 2 saturated heterocycles. The van der Waals surface area contributed by atoms with Gasteiger partial charge in [-0.15, -0.1) is 0 Å². The summed E-state index contributed by atoms with van der Waals surface area (Å²) < 4.78 is 57.5. The van der Waals surface area contributed by atoms with Crippen molar-refractivity contribution in [3.8, 4) is 0 Å². The Kier molecular flexibility index (Phi) is 10.8. The molecule has 1 amide bonds. The first kappa shape index (κ1) is 35.4. The van der Waals surface area contributed by atoms with Gasteiger partial charge < -0.3 is 61.4 Å². The van der Waals surface area contributed by atoms with Crippen molar-refractivity contribution in [2.45, 2.75) is 55.5 Å². The summed E-state index contributed by atoms with van der Waals surface area (Å²) >= 11 is 0. The summed E-state index contributed by atoms with van der Waals surface area (Å²) in [6.07, 6.45) is -3.75. The molecule has 10 atom stereocenters. The van der Waals surface area contributed by atoms with E-state index < -0.39 is 83.8 Å². The fourth-order valence-electron chi connectivity index (χ4n) is 5.05. The number of carbonyl (C=O) groups is 1. The van der Waals surface area contributed by atoms with Crippen LogP contribution in [0.25, 0.3) is 11.2 Å². The highest BCUT2D eigenvalue weighted by Gasteiger charge is 2.49. The fraction of sp³-hybridized carbons (Fsp3) is 0.565. The maximum Gasteiger partial charge on any atom is 0.481 e. The molecule has 0 aliphatic carbocycles. The number of ether oxygens (including phenoxy) is 3. The Labute approximate surface area is 265 Å². The zero-order valence-corrected chi connectivity index (χ0v) is 26.1. The largest absolute Gasteiger partial charge is 0.481 e. The van der Waals surface area contributed by atoms with E-state index in [-0.39, 0.29) is 42.1 Å². The molecule has 2 aromatic heterocycles. The third-order valence-corrected chi connectivity index (χ3v) is 9.88. The van der Waals surface area contributed by atoms with Crippen molar-refractivity contribution in [2.75, 3.05) is 32.1 Å². The predicted octanol–water partition coefficient (Wildman–Crippen LogP) is -2.70. The van der Waals surface area contributed by atoms with E-state index in [1.807, 2.05) is 0 Å². The van der Waals surface area contributed by atoms with Crippen LogP contribution in [-0.4, -0.2) is 125 Å². The van der Waals surface area contributed by atoms with Gasteiger partial charge in [0.25, 0.3) is 0 Å². The van der Waals surface area contributed by atoms with Crippen LogP contribution < -0.4 is 17.2 Å². The molecule has 5 rings (SSSR count). The summed E-state index contributed by atoms with van der Waals surface area (Å²) in [6.45, 7) is -1.62. The molecule has 2 aromatic rings. The summed E-state index contributed by atoms with van der Waals surface area (Å²) in [4.78, 5) is 45.2. The number of aliphatic hydroxyl groups excluding tert-OH is 3. The number of primary amides is 1. The molecule has 3 aliphatic heterocycles. The number of hydrogen-bond donors (Lipinski definition) is 8. The van der Waals surface area contributed by atoms with E-state index in [0.717, 1.165) is 0 Å². The number of amides is 1. The smallest absolute Gasteiger partial charge is 0.387 e. The number of aliphatic hydroxyl groups is 3. The average Bonchev–Trinajstić information content (AvgIpc) is 3.67. The number of carbonyl (C=O) groups excluding carboxylic acids is 1. The Bertz CT molecular complexity index is 1610. The molecule has 0 bridgehead atoms. The molecule has 260 valence electrons. The summed E-state index contributed by atoms with van der Waals surface area (Å²) in [5.41, 5.74) is 17.4. The Balaban J connectivity index is 1.18. The Morgan fingerprint density at radius 2 is 1.66 bits per heavy atom. The maximum absolute atomic E-state index is 12.6. The quantitative estimate of drug-likeness (QED) is 0.0925. The van der Waals surface area contributed by atoms with Crippen molar-refractivity contribution >= 4 is 38.5 Å². The first-order valence-corrected chi connectivity index (χ1v) is 16.9. The molecule has 11 N–H and O–H groups in total. The molecular formula is C23H34N8O14P2. The summed E-state index contributed by atoms with van der Waals surface area (Å²) in [5, 5.41) is 31.8. The lowest BCUT2D eigenvalue weighted by Gasteiger charge is -2.28. The molecule has 47 heavy (non-hydrogen) atoms. The van der Waals surface area contributed by atoms with Gasteiger partial charge >= 0.3 is 15.6 Å². The second kappa shape index (κ2) is 14.3. The number of nitrogens with zero attached hydrogens (tertiary/aromatic N) is 5. The van der Waals surface area contributed by atoms with Crippen LogP contribution in [0.1, 0.15) is 12.6 Å². The molecule has 0 aromatic carbocycles. The number of aromatic nitrogens is 4. The number of allylic oxidation sites excluding steroid dienone is 1. The van der Waals surface area contributed by atoms with Gasteiger partial charge in [0, 0.05) is 24.5 Å². The molecule has 2 fully saturated rings. The van der Waals surface area contributed by atoms with Crippen molar-refractivity contribution < 1.29 is 66.6 Å². The van der Waals surface area contributed by atoms with Crippen LogP contribution in [0.5, 0.6) is 0 Å². The molecule has 2 unspecified atom stereocenters. The number of nitrogens with two attached hydrogens (primary N) is 3. The van der Waals surface area contributed by atoms with Crippen molar-refractivity contribution in [1.82, 2.24) is 24.4 Å². The normalized spacial score (nSPS) is 32.0. The van der Waals surface area contributed by atoms with Gasteiger partial charge in [0.1, 0.15) is 48.5 Å². The lowest BCUT2D eigenvalue weighted by atomic mass is 10.1. The van der Waals surface area contributed by atoms with Crippen molar-refractivity contribution in [1.29, 1.82) is 0 Å². The van der Waals surface area contributed by atoms with Gasteiger partial charge in [-0.3, -0.25) is 18.4 Å². The second-order valence-electron chi connectivity index (χ2n) is 10.5. The molecule has 0 spiro atoms. The first-order chi connectivity index (χ1) is 22.2. The average molecular weight is 709 g/mol. The van der Waals surface area contributed by atoms with E-state index in [4.69, 9.17) is 40.5 Å². The lowest BCUT2D eigenvalue weighted by molar-refractivity contribution is -0.115. The maximum atomic E-state index is 12.6.